The molecule has 0 spiro atoms. The number of hydrogen-bond donors (Lipinski definition) is 0. The first-order valence-electron chi connectivity index (χ1n) is 14.8. The van der Waals surface area contributed by atoms with Gasteiger partial charge in [0.05, 0.1) is 0 Å². The van der Waals surface area contributed by atoms with Crippen LogP contribution >= 0.6 is 15.2 Å². The predicted octanol–water partition coefficient (Wildman–Crippen LogP) is 6.95. The van der Waals surface area contributed by atoms with Gasteiger partial charge in [-0.1, -0.05) is 0 Å². The van der Waals surface area contributed by atoms with Crippen molar-refractivity contribution >= 4 is 69.8 Å². The van der Waals surface area contributed by atoms with Crippen LogP contribution in [0.4, 0.5) is 22.7 Å². The molecule has 0 bridgehead atoms. The molecule has 7 rings (SSSR count). The summed E-state index contributed by atoms with van der Waals surface area (Å²) < 4.78 is 0. The van der Waals surface area contributed by atoms with E-state index in [2.05, 4.69) is 188 Å². The molecule has 0 N–H and O–H groups in total. The van der Waals surface area contributed by atoms with Crippen LogP contribution in [0.25, 0.3) is 0 Å². The Morgan fingerprint density at radius 1 is 0.419 bits per heavy atom. The van der Waals surface area contributed by atoms with E-state index >= 15 is 0 Å². The first kappa shape index (κ1) is 27.6. The molecule has 0 atom stereocenters. The topological polar surface area (TPSA) is 6.48 Å². The molecule has 0 amide bonds. The van der Waals surface area contributed by atoms with Crippen molar-refractivity contribution in [1.29, 1.82) is 0 Å². The fourth-order valence-corrected chi connectivity index (χ4v) is 13.5. The van der Waals surface area contributed by atoms with E-state index in [-0.39, 0.29) is 0 Å². The number of hydrogen-bond acceptors (Lipinski definition) is 2. The Morgan fingerprint density at radius 3 is 1.28 bits per heavy atom. The summed E-state index contributed by atoms with van der Waals surface area (Å²) in [6, 6.07) is 58.5. The van der Waals surface area contributed by atoms with Crippen molar-refractivity contribution in [3.8, 4) is 0 Å². The number of benzene rings is 6. The Kier molecular flexibility index (Phi) is 7.36. The van der Waals surface area contributed by atoms with Crippen LogP contribution in [-0.4, -0.2) is 20.8 Å². The second-order valence-corrected chi connectivity index (χ2v) is 17.3. The minimum absolute atomic E-state index is 0.863. The van der Waals surface area contributed by atoms with Gasteiger partial charge >= 0.3 is 258 Å². The van der Waals surface area contributed by atoms with E-state index in [9.17, 15) is 0 Å². The van der Waals surface area contributed by atoms with Gasteiger partial charge in [0.15, 0.2) is 0 Å². The van der Waals surface area contributed by atoms with Crippen molar-refractivity contribution in [3.63, 3.8) is 0 Å². The summed E-state index contributed by atoms with van der Waals surface area (Å²) in [4.78, 5) is 4.90. The molecule has 0 saturated heterocycles. The molecular weight excluding hydrogens is 558 g/mol. The van der Waals surface area contributed by atoms with Gasteiger partial charge in [0.25, 0.3) is 0 Å². The maximum atomic E-state index is 2.53. The Hall–Kier alpha value is -4.22. The van der Waals surface area contributed by atoms with Gasteiger partial charge in [0.2, 0.25) is 0 Å². The fourth-order valence-electron chi connectivity index (χ4n) is 6.72. The van der Waals surface area contributed by atoms with Crippen LogP contribution in [0.2, 0.25) is 0 Å². The SMILES string of the molecule is CN1c2ccccc2P(c2ccccc2)c2ccccc2N(C)c2ccccc2[PH](C)(c2ccccc2)c2ccccc21. The second kappa shape index (κ2) is 11.5. The van der Waals surface area contributed by atoms with Gasteiger partial charge < -0.3 is 0 Å². The van der Waals surface area contributed by atoms with Crippen LogP contribution in [0.15, 0.2) is 158 Å². The van der Waals surface area contributed by atoms with Crippen LogP contribution in [-0.2, 0) is 0 Å². The zero-order chi connectivity index (χ0) is 29.4. The van der Waals surface area contributed by atoms with Crippen molar-refractivity contribution < 1.29 is 0 Å². The van der Waals surface area contributed by atoms with E-state index in [1.54, 1.807) is 0 Å². The van der Waals surface area contributed by atoms with E-state index in [4.69, 9.17) is 0 Å². The third kappa shape index (κ3) is 4.67. The van der Waals surface area contributed by atoms with Crippen molar-refractivity contribution in [1.82, 2.24) is 0 Å². The second-order valence-electron chi connectivity index (χ2n) is 11.3. The number of fused-ring (bicyclic) bond motifs is 4. The van der Waals surface area contributed by atoms with Gasteiger partial charge in [-0.05, 0) is 0 Å². The minimum atomic E-state index is -2.52. The Morgan fingerprint density at radius 2 is 0.791 bits per heavy atom. The van der Waals surface area contributed by atoms with Crippen molar-refractivity contribution in [2.24, 2.45) is 0 Å². The van der Waals surface area contributed by atoms with Crippen LogP contribution in [0.1, 0.15) is 0 Å². The molecule has 43 heavy (non-hydrogen) atoms. The molecule has 0 aromatic heterocycles. The summed E-state index contributed by atoms with van der Waals surface area (Å²) in [5.74, 6) is 0. The van der Waals surface area contributed by atoms with Gasteiger partial charge in [0, 0.05) is 0 Å². The monoisotopic (exact) mass is 594 g/mol. The number of nitrogens with zero attached hydrogens (tertiary/aromatic N) is 2. The van der Waals surface area contributed by atoms with E-state index < -0.39 is 15.2 Å². The van der Waals surface area contributed by atoms with Crippen molar-refractivity contribution in [2.75, 3.05) is 30.6 Å². The van der Waals surface area contributed by atoms with Gasteiger partial charge in [0.1, 0.15) is 0 Å². The average Bonchev–Trinajstić information content (AvgIpc) is 3.08. The molecule has 6 aromatic carbocycles. The summed E-state index contributed by atoms with van der Waals surface area (Å²) in [7, 11) is 1.13. The zero-order valence-electron chi connectivity index (χ0n) is 24.9. The summed E-state index contributed by atoms with van der Waals surface area (Å²) >= 11 is 0. The molecule has 4 heteroatoms. The van der Waals surface area contributed by atoms with Crippen LogP contribution < -0.4 is 41.6 Å². The Balaban J connectivity index is 1.63. The zero-order valence-corrected chi connectivity index (χ0v) is 26.7. The average molecular weight is 595 g/mol. The third-order valence-electron chi connectivity index (χ3n) is 8.94. The van der Waals surface area contributed by atoms with E-state index in [0.29, 0.717) is 0 Å². The summed E-state index contributed by atoms with van der Waals surface area (Å²) in [5, 5.41) is 8.30. The number of rotatable bonds is 2. The summed E-state index contributed by atoms with van der Waals surface area (Å²) in [6.07, 6.45) is 0. The Labute approximate surface area is 257 Å². The van der Waals surface area contributed by atoms with Gasteiger partial charge in [-0.25, -0.2) is 0 Å². The van der Waals surface area contributed by atoms with Crippen molar-refractivity contribution in [2.45, 2.75) is 0 Å². The van der Waals surface area contributed by atoms with Crippen molar-refractivity contribution in [3.05, 3.63) is 158 Å². The third-order valence-corrected chi connectivity index (χ3v) is 16.0. The van der Waals surface area contributed by atoms with Crippen LogP contribution in [0.5, 0.6) is 0 Å². The molecule has 212 valence electrons. The maximum absolute atomic E-state index is 2.53. The molecule has 0 radical (unpaired) electrons. The van der Waals surface area contributed by atoms with Gasteiger partial charge in [-0.15, -0.1) is 0 Å². The van der Waals surface area contributed by atoms with Crippen LogP contribution in [0.3, 0.4) is 0 Å². The van der Waals surface area contributed by atoms with E-state index in [1.165, 1.54) is 54.6 Å². The molecule has 1 aliphatic heterocycles. The molecule has 0 saturated carbocycles. The first-order valence-corrected chi connectivity index (χ1v) is 18.7. The molecule has 0 unspecified atom stereocenters. The molecule has 1 heterocycles. The summed E-state index contributed by atoms with van der Waals surface area (Å²) in [5.41, 5.74) is 5.03. The van der Waals surface area contributed by atoms with Gasteiger partial charge in [-0.3, -0.25) is 0 Å². The van der Waals surface area contributed by atoms with E-state index in [0.717, 1.165) is 0 Å². The molecule has 6 aromatic rings. The molecule has 0 aliphatic carbocycles. The summed E-state index contributed by atoms with van der Waals surface area (Å²) in [6.45, 7) is 2.53. The van der Waals surface area contributed by atoms with E-state index in [1.807, 2.05) is 0 Å². The van der Waals surface area contributed by atoms with Gasteiger partial charge in [-0.2, -0.15) is 0 Å². The normalized spacial score (nSPS) is 16.4. The number of para-hydroxylation sites is 4. The Bertz CT molecular complexity index is 1790. The standard InChI is InChI=1S/C39H36N2P2/c1-40-32-22-10-14-26-36(32)42(30-18-6-4-7-19-30)37-27-15-11-23-33(37)41(2)35-25-13-17-29-39(35)43(3,31-20-8-5-9-21-31)38-28-16-12-24-34(38)40/h4-29,43H,1-3H3. The fraction of sp³-hybridized carbons (Fsp3) is 0.0769. The van der Waals surface area contributed by atoms with Crippen LogP contribution in [0, 0.1) is 0 Å². The first-order chi connectivity index (χ1) is 21.1. The molecule has 0 fully saturated rings. The number of anilines is 4. The quantitative estimate of drug-likeness (QED) is 0.200. The molecular formula is C39H36N2P2. The molecule has 2 nitrogen and oxygen atoms in total. The predicted molar refractivity (Wildman–Crippen MR) is 194 cm³/mol. The molecule has 1 aliphatic rings.